The van der Waals surface area contributed by atoms with E-state index < -0.39 is 0 Å². The van der Waals surface area contributed by atoms with E-state index >= 15 is 0 Å². The minimum atomic E-state index is 1.21. The summed E-state index contributed by atoms with van der Waals surface area (Å²) in [5.74, 6) is 0. The van der Waals surface area contributed by atoms with Crippen molar-refractivity contribution in [3.63, 3.8) is 0 Å². The molecule has 1 nitrogen and oxygen atoms in total. The van der Waals surface area contributed by atoms with E-state index in [0.29, 0.717) is 0 Å². The number of hydrogen-bond acceptors (Lipinski definition) is 0. The van der Waals surface area contributed by atoms with Crippen LogP contribution in [-0.4, -0.2) is 4.98 Å². The Morgan fingerprint density at radius 1 is 0.517 bits per heavy atom. The molecule has 0 aliphatic heterocycles. The number of unbranched alkanes of at least 4 members (excludes halogenated alkanes) is 10. The van der Waals surface area contributed by atoms with Crippen molar-refractivity contribution in [1.82, 2.24) is 4.98 Å². The Kier molecular flexibility index (Phi) is 9.12. The second-order valence-electron chi connectivity index (χ2n) is 8.92. The number of H-pyrrole nitrogens is 1. The first-order valence-electron chi connectivity index (χ1n) is 12.3. The van der Waals surface area contributed by atoms with E-state index in [1.165, 1.54) is 123 Å². The maximum Gasteiger partial charge on any atom is 0.0465 e. The summed E-state index contributed by atoms with van der Waals surface area (Å²) in [6.45, 7) is 4.57. The molecule has 2 aromatic carbocycles. The average molecular weight is 392 g/mol. The Bertz CT molecular complexity index is 787. The van der Waals surface area contributed by atoms with Gasteiger partial charge in [-0.2, -0.15) is 0 Å². The van der Waals surface area contributed by atoms with Crippen molar-refractivity contribution in [2.75, 3.05) is 0 Å². The number of aromatic nitrogens is 1. The quantitative estimate of drug-likeness (QED) is 0.264. The van der Waals surface area contributed by atoms with E-state index in [-0.39, 0.29) is 0 Å². The Morgan fingerprint density at radius 2 is 0.931 bits per heavy atom. The molecule has 0 aliphatic carbocycles. The summed E-state index contributed by atoms with van der Waals surface area (Å²) in [6.07, 6.45) is 18.8. The van der Waals surface area contributed by atoms with Crippen LogP contribution in [0.5, 0.6) is 0 Å². The SMILES string of the molecule is CCCCCCCCc1ccc2[nH]c3ccc(CCCCCCCC)cc3c2c1. The lowest BCUT2D eigenvalue weighted by Crippen LogP contribution is -1.87. The van der Waals surface area contributed by atoms with Gasteiger partial charge in [-0.05, 0) is 61.1 Å². The standard InChI is InChI=1S/C28H41N/c1-3-5-7-9-11-13-15-23-17-19-27-25(21-23)26-22-24(18-20-28(26)29-27)16-14-12-10-8-6-4-2/h17-22,29H,3-16H2,1-2H3. The molecule has 0 bridgehead atoms. The smallest absolute Gasteiger partial charge is 0.0465 e. The number of hydrogen-bond donors (Lipinski definition) is 1. The zero-order chi connectivity index (χ0) is 20.3. The third-order valence-corrected chi connectivity index (χ3v) is 6.37. The first-order chi connectivity index (χ1) is 14.3. The van der Waals surface area contributed by atoms with Crippen LogP contribution in [0.3, 0.4) is 0 Å². The van der Waals surface area contributed by atoms with Gasteiger partial charge in [0.05, 0.1) is 0 Å². The third kappa shape index (κ3) is 6.63. The fraction of sp³-hybridized carbons (Fsp3) is 0.571. The van der Waals surface area contributed by atoms with E-state index in [1.807, 2.05) is 0 Å². The van der Waals surface area contributed by atoms with Crippen molar-refractivity contribution in [2.24, 2.45) is 0 Å². The summed E-state index contributed by atoms with van der Waals surface area (Å²) in [4.78, 5) is 3.61. The number of nitrogens with one attached hydrogen (secondary N) is 1. The molecule has 3 aromatic rings. The average Bonchev–Trinajstić information content (AvgIpc) is 3.10. The predicted molar refractivity (Wildman–Crippen MR) is 130 cm³/mol. The second-order valence-corrected chi connectivity index (χ2v) is 8.92. The van der Waals surface area contributed by atoms with Crippen LogP contribution in [0.15, 0.2) is 36.4 Å². The maximum absolute atomic E-state index is 3.61. The van der Waals surface area contributed by atoms with Crippen LogP contribution in [0.2, 0.25) is 0 Å². The summed E-state index contributed by atoms with van der Waals surface area (Å²) < 4.78 is 0. The first kappa shape index (κ1) is 21.9. The highest BCUT2D eigenvalue weighted by atomic mass is 14.7. The Hall–Kier alpha value is -1.76. The number of benzene rings is 2. The molecule has 29 heavy (non-hydrogen) atoms. The Labute approximate surface area is 178 Å². The predicted octanol–water partition coefficient (Wildman–Crippen LogP) is 9.13. The molecule has 0 aliphatic rings. The summed E-state index contributed by atoms with van der Waals surface area (Å²) in [5, 5.41) is 2.82. The molecule has 0 saturated carbocycles. The molecule has 0 spiro atoms. The third-order valence-electron chi connectivity index (χ3n) is 6.37. The van der Waals surface area contributed by atoms with E-state index in [4.69, 9.17) is 0 Å². The van der Waals surface area contributed by atoms with Gasteiger partial charge < -0.3 is 4.98 Å². The van der Waals surface area contributed by atoms with Crippen LogP contribution in [-0.2, 0) is 12.8 Å². The lowest BCUT2D eigenvalue weighted by Gasteiger charge is -2.04. The van der Waals surface area contributed by atoms with Crippen molar-refractivity contribution in [1.29, 1.82) is 0 Å². The van der Waals surface area contributed by atoms with Gasteiger partial charge in [0, 0.05) is 21.8 Å². The number of aromatic amines is 1. The molecule has 1 heterocycles. The van der Waals surface area contributed by atoms with Crippen LogP contribution in [0.25, 0.3) is 21.8 Å². The van der Waals surface area contributed by atoms with Gasteiger partial charge in [0.25, 0.3) is 0 Å². The van der Waals surface area contributed by atoms with Gasteiger partial charge in [-0.15, -0.1) is 0 Å². The van der Waals surface area contributed by atoms with Crippen molar-refractivity contribution in [3.8, 4) is 0 Å². The zero-order valence-electron chi connectivity index (χ0n) is 18.9. The van der Waals surface area contributed by atoms with Crippen molar-refractivity contribution in [2.45, 2.75) is 104 Å². The molecule has 0 amide bonds. The van der Waals surface area contributed by atoms with Gasteiger partial charge in [-0.1, -0.05) is 90.2 Å². The molecule has 0 atom stereocenters. The number of rotatable bonds is 14. The molecule has 0 saturated heterocycles. The minimum Gasteiger partial charge on any atom is -0.355 e. The number of fused-ring (bicyclic) bond motifs is 3. The molecule has 1 aromatic heterocycles. The highest BCUT2D eigenvalue weighted by Crippen LogP contribution is 2.28. The molecule has 1 heteroatoms. The summed E-state index contributed by atoms with van der Waals surface area (Å²) in [6, 6.07) is 14.1. The van der Waals surface area contributed by atoms with Gasteiger partial charge in [-0.3, -0.25) is 0 Å². The zero-order valence-corrected chi connectivity index (χ0v) is 18.9. The normalized spacial score (nSPS) is 11.7. The number of aryl methyl sites for hydroxylation is 2. The van der Waals surface area contributed by atoms with Crippen molar-refractivity contribution in [3.05, 3.63) is 47.5 Å². The molecule has 1 N–H and O–H groups in total. The lowest BCUT2D eigenvalue weighted by atomic mass is 10.0. The monoisotopic (exact) mass is 391 g/mol. The summed E-state index contributed by atoms with van der Waals surface area (Å²) >= 11 is 0. The van der Waals surface area contributed by atoms with Crippen LogP contribution in [0, 0.1) is 0 Å². The van der Waals surface area contributed by atoms with Crippen LogP contribution in [0.4, 0.5) is 0 Å². The van der Waals surface area contributed by atoms with Gasteiger partial charge in [0.15, 0.2) is 0 Å². The van der Waals surface area contributed by atoms with Gasteiger partial charge in [0.2, 0.25) is 0 Å². The van der Waals surface area contributed by atoms with E-state index in [9.17, 15) is 0 Å². The molecule has 158 valence electrons. The maximum atomic E-state index is 3.61. The largest absolute Gasteiger partial charge is 0.355 e. The Balaban J connectivity index is 1.60. The fourth-order valence-electron chi connectivity index (χ4n) is 4.52. The van der Waals surface area contributed by atoms with Crippen LogP contribution < -0.4 is 0 Å². The fourth-order valence-corrected chi connectivity index (χ4v) is 4.52. The summed E-state index contributed by atoms with van der Waals surface area (Å²) in [7, 11) is 0. The van der Waals surface area contributed by atoms with Crippen molar-refractivity contribution < 1.29 is 0 Å². The molecule has 0 radical (unpaired) electrons. The first-order valence-corrected chi connectivity index (χ1v) is 12.3. The highest BCUT2D eigenvalue weighted by Gasteiger charge is 2.07. The van der Waals surface area contributed by atoms with Gasteiger partial charge in [0.1, 0.15) is 0 Å². The second kappa shape index (κ2) is 12.1. The van der Waals surface area contributed by atoms with E-state index in [1.54, 1.807) is 0 Å². The Morgan fingerprint density at radius 3 is 1.38 bits per heavy atom. The topological polar surface area (TPSA) is 15.8 Å². The van der Waals surface area contributed by atoms with Crippen molar-refractivity contribution >= 4 is 21.8 Å². The van der Waals surface area contributed by atoms with Crippen LogP contribution in [0.1, 0.15) is 102 Å². The molecule has 0 unspecified atom stereocenters. The van der Waals surface area contributed by atoms with Gasteiger partial charge in [-0.25, -0.2) is 0 Å². The lowest BCUT2D eigenvalue weighted by molar-refractivity contribution is 0.607. The molecule has 3 rings (SSSR count). The molecule has 0 fully saturated rings. The molecular formula is C28H41N. The minimum absolute atomic E-state index is 1.21. The molecular weight excluding hydrogens is 350 g/mol. The summed E-state index contributed by atoms with van der Waals surface area (Å²) in [5.41, 5.74) is 5.55. The van der Waals surface area contributed by atoms with E-state index in [0.717, 1.165) is 0 Å². The van der Waals surface area contributed by atoms with Crippen LogP contribution >= 0.6 is 0 Å². The van der Waals surface area contributed by atoms with E-state index in [2.05, 4.69) is 55.2 Å². The highest BCUT2D eigenvalue weighted by molar-refractivity contribution is 6.07. The van der Waals surface area contributed by atoms with Gasteiger partial charge >= 0.3 is 0 Å².